The van der Waals surface area contributed by atoms with Gasteiger partial charge in [0, 0.05) is 58.1 Å². The molecule has 2 amide bonds. The predicted molar refractivity (Wildman–Crippen MR) is 103 cm³/mol. The van der Waals surface area contributed by atoms with Crippen LogP contribution in [0.5, 0.6) is 0 Å². The number of carbonyl (C=O) groups is 1. The first-order valence-corrected chi connectivity index (χ1v) is 10.8. The van der Waals surface area contributed by atoms with Crippen molar-refractivity contribution in [1.82, 2.24) is 24.1 Å². The molecule has 8 nitrogen and oxygen atoms in total. The van der Waals surface area contributed by atoms with Crippen molar-refractivity contribution in [3.05, 3.63) is 30.1 Å². The number of hydrogen-bond acceptors (Lipinski definition) is 4. The van der Waals surface area contributed by atoms with E-state index in [0.717, 1.165) is 23.9 Å². The van der Waals surface area contributed by atoms with Crippen LogP contribution in [-0.2, 0) is 10.0 Å². The number of fused-ring (bicyclic) bond motifs is 1. The predicted octanol–water partition coefficient (Wildman–Crippen LogP) is 1.44. The summed E-state index contributed by atoms with van der Waals surface area (Å²) in [5.41, 5.74) is 2.10. The summed E-state index contributed by atoms with van der Waals surface area (Å²) in [6, 6.07) is 3.85. The molecule has 9 heteroatoms. The fourth-order valence-electron chi connectivity index (χ4n) is 4.01. The molecule has 4 heterocycles. The molecular formula is C18H25N5O3S. The number of hydrogen-bond donors (Lipinski definition) is 1. The molecule has 2 fully saturated rings. The number of nitrogens with zero attached hydrogens (tertiary/aromatic N) is 4. The molecule has 0 unspecified atom stereocenters. The van der Waals surface area contributed by atoms with Gasteiger partial charge < -0.3 is 14.8 Å². The number of rotatable bonds is 3. The molecule has 0 aromatic carbocycles. The lowest BCUT2D eigenvalue weighted by Gasteiger charge is -2.43. The van der Waals surface area contributed by atoms with E-state index in [0.29, 0.717) is 19.0 Å². The van der Waals surface area contributed by atoms with Gasteiger partial charge in [-0.3, -0.25) is 0 Å². The first kappa shape index (κ1) is 18.2. The molecule has 0 saturated carbocycles. The maximum atomic E-state index is 12.9. The van der Waals surface area contributed by atoms with Crippen molar-refractivity contribution < 1.29 is 13.2 Å². The molecule has 2 aliphatic rings. The van der Waals surface area contributed by atoms with Crippen molar-refractivity contribution in [3.63, 3.8) is 0 Å². The zero-order valence-corrected chi connectivity index (χ0v) is 16.4. The highest BCUT2D eigenvalue weighted by atomic mass is 32.2. The third-order valence-electron chi connectivity index (χ3n) is 5.66. The van der Waals surface area contributed by atoms with E-state index >= 15 is 0 Å². The van der Waals surface area contributed by atoms with Gasteiger partial charge in [-0.05, 0) is 36.5 Å². The summed E-state index contributed by atoms with van der Waals surface area (Å²) in [6.07, 6.45) is 5.37. The fourth-order valence-corrected chi connectivity index (χ4v) is 5.89. The molecule has 146 valence electrons. The topological polar surface area (TPSA) is 89.6 Å². The van der Waals surface area contributed by atoms with Crippen LogP contribution in [-0.4, -0.2) is 84.0 Å². The number of amides is 2. The maximum absolute atomic E-state index is 12.9. The normalized spacial score (nSPS) is 20.0. The van der Waals surface area contributed by atoms with Gasteiger partial charge in [-0.1, -0.05) is 0 Å². The van der Waals surface area contributed by atoms with Crippen LogP contribution in [0.3, 0.4) is 0 Å². The quantitative estimate of drug-likeness (QED) is 0.857. The number of H-pyrrole nitrogens is 1. The van der Waals surface area contributed by atoms with Crippen molar-refractivity contribution in [3.8, 4) is 0 Å². The molecule has 2 saturated heterocycles. The van der Waals surface area contributed by atoms with Crippen LogP contribution in [0.15, 0.2) is 24.5 Å². The monoisotopic (exact) mass is 391 g/mol. The first-order valence-electron chi connectivity index (χ1n) is 9.25. The van der Waals surface area contributed by atoms with E-state index in [9.17, 15) is 13.2 Å². The fraction of sp³-hybridized carbons (Fsp3) is 0.556. The van der Waals surface area contributed by atoms with Crippen LogP contribution >= 0.6 is 0 Å². The Hall–Kier alpha value is -2.13. The van der Waals surface area contributed by atoms with E-state index in [1.807, 2.05) is 12.3 Å². The Labute approximate surface area is 159 Å². The SMILES string of the molecule is CN(C)C(=O)N1CC(S(=O)(=O)N2CCC(c3c[nH]c4ncccc34)CC2)C1. The van der Waals surface area contributed by atoms with Gasteiger partial charge in [0.25, 0.3) is 0 Å². The van der Waals surface area contributed by atoms with Gasteiger partial charge in [-0.2, -0.15) is 0 Å². The Bertz CT molecular complexity index is 941. The van der Waals surface area contributed by atoms with E-state index in [2.05, 4.69) is 16.0 Å². The molecule has 27 heavy (non-hydrogen) atoms. The van der Waals surface area contributed by atoms with E-state index in [1.165, 1.54) is 10.5 Å². The summed E-state index contributed by atoms with van der Waals surface area (Å²) in [6.45, 7) is 1.62. The minimum Gasteiger partial charge on any atom is -0.346 e. The van der Waals surface area contributed by atoms with E-state index in [1.54, 1.807) is 29.5 Å². The summed E-state index contributed by atoms with van der Waals surface area (Å²) in [7, 11) is 0.000120. The second-order valence-corrected chi connectivity index (χ2v) is 9.78. The zero-order valence-electron chi connectivity index (χ0n) is 15.6. The van der Waals surface area contributed by atoms with Crippen molar-refractivity contribution in [2.24, 2.45) is 0 Å². The highest BCUT2D eigenvalue weighted by molar-refractivity contribution is 7.89. The van der Waals surface area contributed by atoms with Gasteiger partial charge in [0.15, 0.2) is 0 Å². The molecule has 0 bridgehead atoms. The third kappa shape index (κ3) is 3.19. The van der Waals surface area contributed by atoms with Gasteiger partial charge in [0.2, 0.25) is 10.0 Å². The van der Waals surface area contributed by atoms with E-state index in [-0.39, 0.29) is 19.1 Å². The Kier molecular flexibility index (Phi) is 4.59. The second kappa shape index (κ2) is 6.79. The molecule has 0 aliphatic carbocycles. The van der Waals surface area contributed by atoms with Gasteiger partial charge in [-0.15, -0.1) is 0 Å². The number of nitrogens with one attached hydrogen (secondary N) is 1. The number of piperidine rings is 1. The lowest BCUT2D eigenvalue weighted by molar-refractivity contribution is 0.142. The minimum absolute atomic E-state index is 0.131. The Morgan fingerprint density at radius 2 is 1.96 bits per heavy atom. The molecule has 4 rings (SSSR count). The van der Waals surface area contributed by atoms with Crippen molar-refractivity contribution in [2.75, 3.05) is 40.3 Å². The number of likely N-dealkylation sites (tertiary alicyclic amines) is 1. The number of urea groups is 1. The third-order valence-corrected chi connectivity index (χ3v) is 7.88. The van der Waals surface area contributed by atoms with Crippen molar-refractivity contribution in [1.29, 1.82) is 0 Å². The molecular weight excluding hydrogens is 366 g/mol. The van der Waals surface area contributed by atoms with Crippen molar-refractivity contribution in [2.45, 2.75) is 24.0 Å². The van der Waals surface area contributed by atoms with Gasteiger partial charge >= 0.3 is 6.03 Å². The lowest BCUT2D eigenvalue weighted by Crippen LogP contribution is -2.62. The van der Waals surface area contributed by atoms with Crippen LogP contribution in [0.25, 0.3) is 11.0 Å². The molecule has 0 spiro atoms. The van der Waals surface area contributed by atoms with Gasteiger partial charge in [-0.25, -0.2) is 22.5 Å². The maximum Gasteiger partial charge on any atom is 0.319 e. The standard InChI is InChI=1S/C18H25N5O3S/c1-21(2)18(24)22-11-14(12-22)27(25,26)23-8-5-13(6-9-23)16-10-20-17-15(16)4-3-7-19-17/h3-4,7,10,13-14H,5-6,8-9,11-12H2,1-2H3,(H,19,20). The smallest absolute Gasteiger partial charge is 0.319 e. The number of pyridine rings is 1. The molecule has 0 atom stereocenters. The molecule has 2 aromatic heterocycles. The van der Waals surface area contributed by atoms with Crippen LogP contribution in [0.1, 0.15) is 24.3 Å². The van der Waals surface area contributed by atoms with Gasteiger partial charge in [0.1, 0.15) is 10.9 Å². The molecule has 1 N–H and O–H groups in total. The van der Waals surface area contributed by atoms with Gasteiger partial charge in [0.05, 0.1) is 0 Å². The van der Waals surface area contributed by atoms with Crippen LogP contribution in [0, 0.1) is 0 Å². The number of aromatic amines is 1. The van der Waals surface area contributed by atoms with Crippen LogP contribution < -0.4 is 0 Å². The average molecular weight is 391 g/mol. The molecule has 0 radical (unpaired) electrons. The number of sulfonamides is 1. The van der Waals surface area contributed by atoms with Crippen molar-refractivity contribution >= 4 is 27.1 Å². The van der Waals surface area contributed by atoms with Crippen LogP contribution in [0.4, 0.5) is 4.79 Å². The minimum atomic E-state index is -3.35. The highest BCUT2D eigenvalue weighted by Crippen LogP contribution is 2.34. The first-order chi connectivity index (χ1) is 12.9. The summed E-state index contributed by atoms with van der Waals surface area (Å²) in [4.78, 5) is 22.5. The number of carbonyl (C=O) groups excluding carboxylic acids is 1. The van der Waals surface area contributed by atoms with E-state index in [4.69, 9.17) is 0 Å². The zero-order chi connectivity index (χ0) is 19.2. The highest BCUT2D eigenvalue weighted by Gasteiger charge is 2.44. The Balaban J connectivity index is 1.38. The Morgan fingerprint density at radius 1 is 1.26 bits per heavy atom. The summed E-state index contributed by atoms with van der Waals surface area (Å²) in [5.74, 6) is 0.336. The largest absolute Gasteiger partial charge is 0.346 e. The summed E-state index contributed by atoms with van der Waals surface area (Å²) < 4.78 is 27.3. The number of aromatic nitrogens is 2. The van der Waals surface area contributed by atoms with Crippen LogP contribution in [0.2, 0.25) is 0 Å². The Morgan fingerprint density at radius 3 is 2.63 bits per heavy atom. The van der Waals surface area contributed by atoms with E-state index < -0.39 is 15.3 Å². The lowest BCUT2D eigenvalue weighted by atomic mass is 9.90. The molecule has 2 aliphatic heterocycles. The summed E-state index contributed by atoms with van der Waals surface area (Å²) >= 11 is 0. The average Bonchev–Trinajstić information content (AvgIpc) is 3.04. The second-order valence-electron chi connectivity index (χ2n) is 7.57. The molecule has 2 aromatic rings. The summed E-state index contributed by atoms with van der Waals surface area (Å²) in [5, 5.41) is 0.644.